The maximum Gasteiger partial charge on any atom is 0.294 e. The zero-order valence-electron chi connectivity index (χ0n) is 24.3. The number of carbonyl (C=O) groups excluding carboxylic acids is 1. The van der Waals surface area contributed by atoms with Gasteiger partial charge in [0.25, 0.3) is 10.1 Å². The van der Waals surface area contributed by atoms with Gasteiger partial charge in [0, 0.05) is 24.2 Å². The smallest absolute Gasteiger partial charge is 0.294 e. The zero-order chi connectivity index (χ0) is 31.9. The van der Waals surface area contributed by atoms with Crippen LogP contribution in [0, 0.1) is 30.3 Å². The highest BCUT2D eigenvalue weighted by Gasteiger charge is 2.50. The highest BCUT2D eigenvalue weighted by molar-refractivity contribution is 7.90. The molecule has 238 valence electrons. The molecule has 2 unspecified atom stereocenters. The number of sulfonamides is 1. The normalized spacial score (nSPS) is 23.0. The van der Waals surface area contributed by atoms with Gasteiger partial charge in [0.2, 0.25) is 15.9 Å². The van der Waals surface area contributed by atoms with Gasteiger partial charge >= 0.3 is 0 Å². The van der Waals surface area contributed by atoms with Gasteiger partial charge in [-0.2, -0.15) is 13.1 Å². The molecule has 2 saturated heterocycles. The topological polar surface area (TPSA) is 147 Å². The number of nitrogens with two attached hydrogens (primary N) is 1. The molecule has 0 aromatic heterocycles. The monoisotopic (exact) mass is 645 g/mol. The summed E-state index contributed by atoms with van der Waals surface area (Å²) >= 11 is 0. The Morgan fingerprint density at radius 3 is 2.02 bits per heavy atom. The molecular formula is C29H38F3N3O6S2. The third-order valence-electron chi connectivity index (χ3n) is 8.37. The SMILES string of the molecule is CC(C)(NS(=O)(=O)C1CC1)C(=O)N1C2CCC1CC([C@H](N)Cc1cc(F)c(F)cc1F)C2.Cc1ccc(S(=O)(=O)O)cc1. The zero-order valence-corrected chi connectivity index (χ0v) is 25.9. The van der Waals surface area contributed by atoms with Gasteiger partial charge in [-0.15, -0.1) is 0 Å². The van der Waals surface area contributed by atoms with Crippen molar-refractivity contribution in [1.82, 2.24) is 9.62 Å². The first-order chi connectivity index (χ1) is 19.9. The Kier molecular flexibility index (Phi) is 9.68. The minimum absolute atomic E-state index is 0.00432. The number of nitrogens with one attached hydrogen (secondary N) is 1. The van der Waals surface area contributed by atoms with E-state index in [1.807, 2.05) is 6.92 Å². The van der Waals surface area contributed by atoms with Gasteiger partial charge < -0.3 is 10.6 Å². The molecule has 5 rings (SSSR count). The average Bonchev–Trinajstić information content (AvgIpc) is 3.72. The Labute approximate surface area is 250 Å². The third-order valence-corrected chi connectivity index (χ3v) is 11.4. The van der Waals surface area contributed by atoms with Crippen molar-refractivity contribution in [2.45, 2.75) is 99.5 Å². The predicted molar refractivity (Wildman–Crippen MR) is 155 cm³/mol. The molecule has 2 aliphatic heterocycles. The highest BCUT2D eigenvalue weighted by atomic mass is 32.2. The molecule has 43 heavy (non-hydrogen) atoms. The van der Waals surface area contributed by atoms with E-state index < -0.39 is 54.4 Å². The van der Waals surface area contributed by atoms with Crippen LogP contribution in [0.1, 0.15) is 63.5 Å². The molecule has 1 amide bonds. The number of carbonyl (C=O) groups is 1. The van der Waals surface area contributed by atoms with Crippen molar-refractivity contribution in [3.63, 3.8) is 0 Å². The van der Waals surface area contributed by atoms with E-state index in [1.54, 1.807) is 30.9 Å². The largest absolute Gasteiger partial charge is 0.335 e. The second kappa shape index (κ2) is 12.5. The maximum absolute atomic E-state index is 14.0. The van der Waals surface area contributed by atoms with Crippen LogP contribution < -0.4 is 10.5 Å². The van der Waals surface area contributed by atoms with Crippen molar-refractivity contribution >= 4 is 26.0 Å². The lowest BCUT2D eigenvalue weighted by molar-refractivity contribution is -0.142. The van der Waals surface area contributed by atoms with Gasteiger partial charge in [-0.25, -0.2) is 21.6 Å². The molecule has 3 aliphatic rings. The number of nitrogens with zero attached hydrogens (tertiary/aromatic N) is 1. The average molecular weight is 646 g/mol. The molecular weight excluding hydrogens is 607 g/mol. The number of fused-ring (bicyclic) bond motifs is 2. The second-order valence-electron chi connectivity index (χ2n) is 12.3. The quantitative estimate of drug-likeness (QED) is 0.292. The van der Waals surface area contributed by atoms with Gasteiger partial charge in [0.05, 0.1) is 10.1 Å². The van der Waals surface area contributed by atoms with Crippen LogP contribution in [0.2, 0.25) is 0 Å². The van der Waals surface area contributed by atoms with Gasteiger partial charge in [-0.3, -0.25) is 9.35 Å². The Morgan fingerprint density at radius 2 is 1.51 bits per heavy atom. The fourth-order valence-corrected chi connectivity index (χ4v) is 8.14. The minimum Gasteiger partial charge on any atom is -0.335 e. The summed E-state index contributed by atoms with van der Waals surface area (Å²) in [6, 6.07) is 6.77. The van der Waals surface area contributed by atoms with Crippen LogP contribution in [-0.4, -0.2) is 61.1 Å². The standard InChI is InChI=1S/C22H30F3N3O3S.C7H8O3S/c1-22(2,27-32(30,31)16-5-6-16)21(29)28-14-3-4-15(28)8-13(7-14)20(26)10-12-9-18(24)19(25)11-17(12)23;1-6-2-4-7(5-3-6)11(8,9)10/h9,11,13-16,20,27H,3-8,10,26H2,1-2H3;2-5H,1H3,(H,8,9,10)/t13?,14?,15?,20-;/m1./s1. The van der Waals surface area contributed by atoms with Crippen molar-refractivity contribution in [2.24, 2.45) is 11.7 Å². The van der Waals surface area contributed by atoms with Crippen LogP contribution in [0.5, 0.6) is 0 Å². The first-order valence-electron chi connectivity index (χ1n) is 14.2. The van der Waals surface area contributed by atoms with Crippen molar-refractivity contribution in [2.75, 3.05) is 0 Å². The fourth-order valence-electron chi connectivity index (χ4n) is 5.94. The summed E-state index contributed by atoms with van der Waals surface area (Å²) in [4.78, 5) is 15.1. The number of halogens is 3. The summed E-state index contributed by atoms with van der Waals surface area (Å²) in [6.07, 6.45) is 4.13. The Bertz CT molecular complexity index is 1550. The van der Waals surface area contributed by atoms with E-state index in [0.29, 0.717) is 31.7 Å². The van der Waals surface area contributed by atoms with Crippen LogP contribution in [0.15, 0.2) is 41.3 Å². The molecule has 3 fully saturated rings. The Hall–Kier alpha value is -2.52. The number of benzene rings is 2. The van der Waals surface area contributed by atoms with Crippen molar-refractivity contribution in [3.8, 4) is 0 Å². The van der Waals surface area contributed by atoms with Crippen LogP contribution in [0.25, 0.3) is 0 Å². The Morgan fingerprint density at radius 1 is 0.977 bits per heavy atom. The Balaban J connectivity index is 0.000000324. The lowest BCUT2D eigenvalue weighted by atomic mass is 9.82. The number of amides is 1. The van der Waals surface area contributed by atoms with Crippen molar-refractivity contribution < 1.29 is 39.4 Å². The van der Waals surface area contributed by atoms with E-state index >= 15 is 0 Å². The van der Waals surface area contributed by atoms with Gasteiger partial charge in [0.1, 0.15) is 11.4 Å². The first-order valence-corrected chi connectivity index (χ1v) is 17.2. The number of aryl methyl sites for hydroxylation is 1. The summed E-state index contributed by atoms with van der Waals surface area (Å²) in [5, 5.41) is -0.410. The molecule has 0 spiro atoms. The molecule has 3 atom stereocenters. The molecule has 1 aliphatic carbocycles. The summed E-state index contributed by atoms with van der Waals surface area (Å²) < 4.78 is 97.7. The molecule has 0 radical (unpaired) electrons. The van der Waals surface area contributed by atoms with Gasteiger partial charge in [0.15, 0.2) is 11.6 Å². The lowest BCUT2D eigenvalue weighted by Crippen LogP contribution is -2.61. The number of rotatable bonds is 8. The first kappa shape index (κ1) is 33.4. The summed E-state index contributed by atoms with van der Waals surface area (Å²) in [6.45, 7) is 5.03. The molecule has 2 aromatic carbocycles. The van der Waals surface area contributed by atoms with Crippen LogP contribution in [0.3, 0.4) is 0 Å². The van der Waals surface area contributed by atoms with E-state index in [1.165, 1.54) is 12.1 Å². The third kappa shape index (κ3) is 7.96. The molecule has 14 heteroatoms. The molecule has 2 heterocycles. The molecule has 2 bridgehead atoms. The number of hydrogen-bond donors (Lipinski definition) is 3. The lowest BCUT2D eigenvalue weighted by Gasteiger charge is -2.44. The highest BCUT2D eigenvalue weighted by Crippen LogP contribution is 2.41. The van der Waals surface area contributed by atoms with E-state index in [-0.39, 0.29) is 40.8 Å². The molecule has 9 nitrogen and oxygen atoms in total. The van der Waals surface area contributed by atoms with Crippen molar-refractivity contribution in [1.29, 1.82) is 0 Å². The molecule has 2 aromatic rings. The predicted octanol–water partition coefficient (Wildman–Crippen LogP) is 3.85. The van der Waals surface area contributed by atoms with Gasteiger partial charge in [-0.05, 0) is 95.4 Å². The summed E-state index contributed by atoms with van der Waals surface area (Å²) in [7, 11) is -7.54. The summed E-state index contributed by atoms with van der Waals surface area (Å²) in [5.74, 6) is -3.41. The maximum atomic E-state index is 14.0. The van der Waals surface area contributed by atoms with E-state index in [2.05, 4.69) is 4.72 Å². The van der Waals surface area contributed by atoms with Gasteiger partial charge in [-0.1, -0.05) is 17.7 Å². The van der Waals surface area contributed by atoms with Crippen molar-refractivity contribution in [3.05, 3.63) is 65.0 Å². The number of piperidine rings is 1. The van der Waals surface area contributed by atoms with E-state index in [9.17, 15) is 34.8 Å². The second-order valence-corrected chi connectivity index (χ2v) is 15.7. The fraction of sp³-hybridized carbons (Fsp3) is 0.552. The molecule has 4 N–H and O–H groups in total. The van der Waals surface area contributed by atoms with Crippen LogP contribution in [0.4, 0.5) is 13.2 Å². The van der Waals surface area contributed by atoms with Crippen LogP contribution in [-0.2, 0) is 31.4 Å². The molecule has 1 saturated carbocycles. The van der Waals surface area contributed by atoms with E-state index in [0.717, 1.165) is 24.5 Å². The number of hydrogen-bond acceptors (Lipinski definition) is 6. The summed E-state index contributed by atoms with van der Waals surface area (Å²) in [5.41, 5.74) is 6.09. The van der Waals surface area contributed by atoms with Crippen LogP contribution >= 0.6 is 0 Å². The van der Waals surface area contributed by atoms with E-state index in [4.69, 9.17) is 10.3 Å². The minimum atomic E-state index is -4.02.